The maximum absolute atomic E-state index is 5.59. The highest BCUT2D eigenvalue weighted by Crippen LogP contribution is 2.03. The third kappa shape index (κ3) is 1.94. The zero-order valence-corrected chi connectivity index (χ0v) is 6.96. The zero-order chi connectivity index (χ0) is 8.27. The molecule has 1 heterocycles. The Kier molecular flexibility index (Phi) is 2.48. The van der Waals surface area contributed by atoms with Crippen molar-refractivity contribution in [1.29, 1.82) is 0 Å². The molecule has 0 aromatic carbocycles. The van der Waals surface area contributed by atoms with Gasteiger partial charge in [-0.05, 0) is 7.05 Å². The summed E-state index contributed by atoms with van der Waals surface area (Å²) in [5.74, 6) is 0.719. The summed E-state index contributed by atoms with van der Waals surface area (Å²) in [6.07, 6.45) is 0.932. The predicted molar refractivity (Wildman–Crippen MR) is 45.3 cm³/mol. The number of nitrogens with one attached hydrogen (secondary N) is 1. The van der Waals surface area contributed by atoms with E-state index >= 15 is 0 Å². The third-order valence-electron chi connectivity index (χ3n) is 1.60. The fraction of sp³-hybridized carbons (Fsp3) is 0.571. The molecule has 0 aliphatic heterocycles. The highest BCUT2D eigenvalue weighted by molar-refractivity contribution is 5.30. The summed E-state index contributed by atoms with van der Waals surface area (Å²) in [5, 5.41) is 7.25. The van der Waals surface area contributed by atoms with Crippen LogP contribution in [0.5, 0.6) is 0 Å². The number of nitrogens with zero attached hydrogens (tertiary/aromatic N) is 2. The van der Waals surface area contributed by atoms with Crippen molar-refractivity contribution in [3.05, 3.63) is 11.8 Å². The first kappa shape index (κ1) is 8.07. The Balaban J connectivity index is 2.58. The van der Waals surface area contributed by atoms with Crippen LogP contribution in [-0.2, 0) is 13.5 Å². The fourth-order valence-electron chi connectivity index (χ4n) is 0.919. The molecule has 0 amide bonds. The molecule has 4 nitrogen and oxygen atoms in total. The highest BCUT2D eigenvalue weighted by Gasteiger charge is 1.99. The van der Waals surface area contributed by atoms with Crippen LogP contribution in [0.15, 0.2) is 6.07 Å². The number of rotatable bonds is 3. The topological polar surface area (TPSA) is 55.9 Å². The van der Waals surface area contributed by atoms with Gasteiger partial charge in [-0.2, -0.15) is 5.10 Å². The van der Waals surface area contributed by atoms with Crippen molar-refractivity contribution in [2.24, 2.45) is 7.05 Å². The van der Waals surface area contributed by atoms with Crippen LogP contribution < -0.4 is 11.1 Å². The van der Waals surface area contributed by atoms with E-state index in [0.717, 1.165) is 24.5 Å². The smallest absolute Gasteiger partial charge is 0.121 e. The fourth-order valence-corrected chi connectivity index (χ4v) is 0.919. The summed E-state index contributed by atoms with van der Waals surface area (Å²) in [4.78, 5) is 0. The number of nitrogen functional groups attached to an aromatic ring is 1. The van der Waals surface area contributed by atoms with Gasteiger partial charge in [0.15, 0.2) is 0 Å². The molecule has 0 saturated heterocycles. The second kappa shape index (κ2) is 3.39. The number of aryl methyl sites for hydroxylation is 1. The normalized spacial score (nSPS) is 10.4. The van der Waals surface area contributed by atoms with Gasteiger partial charge in [0, 0.05) is 26.1 Å². The molecular weight excluding hydrogens is 140 g/mol. The van der Waals surface area contributed by atoms with E-state index in [2.05, 4.69) is 10.4 Å². The minimum Gasteiger partial charge on any atom is -0.384 e. The van der Waals surface area contributed by atoms with Crippen molar-refractivity contribution < 1.29 is 0 Å². The van der Waals surface area contributed by atoms with Gasteiger partial charge in [-0.15, -0.1) is 0 Å². The van der Waals surface area contributed by atoms with Crippen molar-refractivity contribution in [2.45, 2.75) is 6.42 Å². The Morgan fingerprint density at radius 2 is 2.45 bits per heavy atom. The average molecular weight is 154 g/mol. The quantitative estimate of drug-likeness (QED) is 0.632. The molecule has 1 rings (SSSR count). The first-order valence-electron chi connectivity index (χ1n) is 3.67. The largest absolute Gasteiger partial charge is 0.384 e. The first-order chi connectivity index (χ1) is 5.24. The maximum atomic E-state index is 5.59. The van der Waals surface area contributed by atoms with Gasteiger partial charge in [-0.3, -0.25) is 4.68 Å². The predicted octanol–water partition coefficient (Wildman–Crippen LogP) is -0.236. The standard InChI is InChI=1S/C7H14N4/c1-9-4-3-6-5-7(8)11(2)10-6/h5,9H,3-4,8H2,1-2H3. The van der Waals surface area contributed by atoms with Gasteiger partial charge in [0.05, 0.1) is 5.69 Å². The maximum Gasteiger partial charge on any atom is 0.121 e. The lowest BCUT2D eigenvalue weighted by Gasteiger charge is -1.93. The van der Waals surface area contributed by atoms with Crippen LogP contribution in [0.4, 0.5) is 5.82 Å². The van der Waals surface area contributed by atoms with E-state index < -0.39 is 0 Å². The van der Waals surface area contributed by atoms with E-state index in [0.29, 0.717) is 0 Å². The van der Waals surface area contributed by atoms with Crippen molar-refractivity contribution in [3.8, 4) is 0 Å². The summed E-state index contributed by atoms with van der Waals surface area (Å²) in [6, 6.07) is 1.90. The molecule has 0 unspecified atom stereocenters. The monoisotopic (exact) mass is 154 g/mol. The number of aromatic nitrogens is 2. The Morgan fingerprint density at radius 1 is 1.73 bits per heavy atom. The minimum atomic E-state index is 0.719. The van der Waals surface area contributed by atoms with Crippen molar-refractivity contribution >= 4 is 5.82 Å². The van der Waals surface area contributed by atoms with Crippen LogP contribution in [-0.4, -0.2) is 23.4 Å². The van der Waals surface area contributed by atoms with Crippen LogP contribution in [0.1, 0.15) is 5.69 Å². The Morgan fingerprint density at radius 3 is 2.91 bits per heavy atom. The minimum absolute atomic E-state index is 0.719. The molecular formula is C7H14N4. The summed E-state index contributed by atoms with van der Waals surface area (Å²) >= 11 is 0. The highest BCUT2D eigenvalue weighted by atomic mass is 15.3. The van der Waals surface area contributed by atoms with Crippen LogP contribution in [0.3, 0.4) is 0 Å². The van der Waals surface area contributed by atoms with Gasteiger partial charge in [0.1, 0.15) is 5.82 Å². The van der Waals surface area contributed by atoms with Gasteiger partial charge >= 0.3 is 0 Å². The van der Waals surface area contributed by atoms with Gasteiger partial charge in [0.2, 0.25) is 0 Å². The van der Waals surface area contributed by atoms with Gasteiger partial charge in [0.25, 0.3) is 0 Å². The molecule has 0 fully saturated rings. The molecule has 0 aliphatic rings. The number of nitrogens with two attached hydrogens (primary N) is 1. The Hall–Kier alpha value is -1.03. The number of hydrogen-bond donors (Lipinski definition) is 2. The van der Waals surface area contributed by atoms with Crippen LogP contribution in [0.25, 0.3) is 0 Å². The van der Waals surface area contributed by atoms with Gasteiger partial charge < -0.3 is 11.1 Å². The number of likely N-dealkylation sites (N-methyl/N-ethyl adjacent to an activating group) is 1. The molecule has 62 valence electrons. The summed E-state index contributed by atoms with van der Waals surface area (Å²) < 4.78 is 1.69. The van der Waals surface area contributed by atoms with E-state index in [1.54, 1.807) is 4.68 Å². The second-order valence-electron chi connectivity index (χ2n) is 2.54. The molecule has 11 heavy (non-hydrogen) atoms. The van der Waals surface area contributed by atoms with Crippen LogP contribution >= 0.6 is 0 Å². The van der Waals surface area contributed by atoms with E-state index in [1.807, 2.05) is 20.2 Å². The zero-order valence-electron chi connectivity index (χ0n) is 6.96. The average Bonchev–Trinajstić information content (AvgIpc) is 2.28. The van der Waals surface area contributed by atoms with Crippen LogP contribution in [0.2, 0.25) is 0 Å². The molecule has 0 spiro atoms. The molecule has 3 N–H and O–H groups in total. The van der Waals surface area contributed by atoms with E-state index in [-0.39, 0.29) is 0 Å². The van der Waals surface area contributed by atoms with Crippen molar-refractivity contribution in [2.75, 3.05) is 19.3 Å². The summed E-state index contributed by atoms with van der Waals surface area (Å²) in [5.41, 5.74) is 6.63. The molecule has 0 radical (unpaired) electrons. The number of anilines is 1. The SMILES string of the molecule is CNCCc1cc(N)n(C)n1. The lowest BCUT2D eigenvalue weighted by molar-refractivity contribution is 0.722. The summed E-state index contributed by atoms with van der Waals surface area (Å²) in [6.45, 7) is 0.941. The van der Waals surface area contributed by atoms with E-state index in [9.17, 15) is 0 Å². The second-order valence-corrected chi connectivity index (χ2v) is 2.54. The van der Waals surface area contributed by atoms with Crippen molar-refractivity contribution in [3.63, 3.8) is 0 Å². The molecule has 4 heteroatoms. The van der Waals surface area contributed by atoms with Crippen LogP contribution in [0, 0.1) is 0 Å². The molecule has 0 bridgehead atoms. The molecule has 1 aromatic rings. The Labute approximate surface area is 66.4 Å². The lowest BCUT2D eigenvalue weighted by atomic mass is 10.3. The first-order valence-corrected chi connectivity index (χ1v) is 3.67. The van der Waals surface area contributed by atoms with E-state index in [1.165, 1.54) is 0 Å². The Bertz CT molecular complexity index is 209. The van der Waals surface area contributed by atoms with Gasteiger partial charge in [-0.1, -0.05) is 0 Å². The third-order valence-corrected chi connectivity index (χ3v) is 1.60. The van der Waals surface area contributed by atoms with Gasteiger partial charge in [-0.25, -0.2) is 0 Å². The molecule has 1 aromatic heterocycles. The van der Waals surface area contributed by atoms with E-state index in [4.69, 9.17) is 5.73 Å². The molecule has 0 saturated carbocycles. The molecule has 0 aliphatic carbocycles. The summed E-state index contributed by atoms with van der Waals surface area (Å²) in [7, 11) is 3.77. The molecule has 0 atom stereocenters. The lowest BCUT2D eigenvalue weighted by Crippen LogP contribution is -2.10. The van der Waals surface area contributed by atoms with Crippen molar-refractivity contribution in [1.82, 2.24) is 15.1 Å². The number of hydrogen-bond acceptors (Lipinski definition) is 3.